The van der Waals surface area contributed by atoms with Crippen LogP contribution in [0.25, 0.3) is 11.3 Å². The number of aromatic nitrogens is 2. The second-order valence-electron chi connectivity index (χ2n) is 9.54. The molecule has 41 heavy (non-hydrogen) atoms. The zero-order chi connectivity index (χ0) is 29.2. The van der Waals surface area contributed by atoms with Gasteiger partial charge in [0.1, 0.15) is 35.7 Å². The Morgan fingerprint density at radius 3 is 2.46 bits per heavy atom. The van der Waals surface area contributed by atoms with Gasteiger partial charge in [-0.05, 0) is 48.7 Å². The molecular formula is C30H34FN5O5. The van der Waals surface area contributed by atoms with Gasteiger partial charge >= 0.3 is 0 Å². The van der Waals surface area contributed by atoms with E-state index in [-0.39, 0.29) is 18.2 Å². The van der Waals surface area contributed by atoms with Gasteiger partial charge in [-0.1, -0.05) is 6.07 Å². The minimum absolute atomic E-state index is 0.132. The number of benzene rings is 2. The largest absolute Gasteiger partial charge is 0.495 e. The third-order valence-corrected chi connectivity index (χ3v) is 6.94. The molecule has 0 spiro atoms. The second-order valence-corrected chi connectivity index (χ2v) is 9.54. The molecule has 2 saturated heterocycles. The lowest BCUT2D eigenvalue weighted by Crippen LogP contribution is -2.36. The molecule has 0 saturated carbocycles. The summed E-state index contributed by atoms with van der Waals surface area (Å²) in [6.45, 7) is 4.34. The summed E-state index contributed by atoms with van der Waals surface area (Å²) in [5.41, 5.74) is 2.91. The molecule has 1 N–H and O–H groups in total. The van der Waals surface area contributed by atoms with E-state index in [1.54, 1.807) is 30.2 Å². The van der Waals surface area contributed by atoms with Crippen molar-refractivity contribution in [2.45, 2.75) is 19.3 Å². The van der Waals surface area contributed by atoms with Crippen molar-refractivity contribution in [3.8, 4) is 28.8 Å². The molecule has 0 aliphatic carbocycles. The van der Waals surface area contributed by atoms with Crippen molar-refractivity contribution < 1.29 is 28.5 Å². The standard InChI is InChI=1S/C24H23FN4O3.C6H11NO2/c1-30-21-6-4-17(13-18(21)14-26)24-19(25)15-27-23(28-24)12-16-3-5-20(22(11-16)31-2)29-7-9-32-10-8-29;8-5-6(9)7-3-1-2-4-7/h3-6,11,13,15H,7-10,12H2,1-2H3;8H,1-5H2. The molecule has 2 aliphatic rings. The van der Waals surface area contributed by atoms with Crippen molar-refractivity contribution in [3.05, 3.63) is 65.4 Å². The van der Waals surface area contributed by atoms with E-state index in [1.165, 1.54) is 7.11 Å². The number of ether oxygens (including phenoxy) is 3. The highest BCUT2D eigenvalue weighted by Crippen LogP contribution is 2.31. The van der Waals surface area contributed by atoms with Gasteiger partial charge in [0, 0.05) is 38.2 Å². The number of carbonyl (C=O) groups excluding carboxylic acids is 1. The predicted octanol–water partition coefficient (Wildman–Crippen LogP) is 3.20. The van der Waals surface area contributed by atoms with Crippen molar-refractivity contribution in [1.29, 1.82) is 5.26 Å². The van der Waals surface area contributed by atoms with Crippen LogP contribution < -0.4 is 14.4 Å². The number of rotatable bonds is 7. The molecule has 0 atom stereocenters. The highest BCUT2D eigenvalue weighted by atomic mass is 19.1. The van der Waals surface area contributed by atoms with E-state index in [0.717, 1.165) is 62.2 Å². The topological polar surface area (TPSA) is 121 Å². The van der Waals surface area contributed by atoms with Gasteiger partial charge in [-0.3, -0.25) is 4.79 Å². The van der Waals surface area contributed by atoms with Gasteiger partial charge in [-0.15, -0.1) is 0 Å². The summed E-state index contributed by atoms with van der Waals surface area (Å²) >= 11 is 0. The van der Waals surface area contributed by atoms with Crippen LogP contribution in [0.1, 0.15) is 29.8 Å². The van der Waals surface area contributed by atoms with Crippen molar-refractivity contribution in [1.82, 2.24) is 14.9 Å². The van der Waals surface area contributed by atoms with Crippen LogP contribution in [0.5, 0.6) is 11.5 Å². The Morgan fingerprint density at radius 2 is 1.80 bits per heavy atom. The van der Waals surface area contributed by atoms with Gasteiger partial charge in [0.05, 0.1) is 44.9 Å². The molecule has 0 unspecified atom stereocenters. The van der Waals surface area contributed by atoms with Crippen molar-refractivity contribution in [2.75, 3.05) is 65.1 Å². The minimum atomic E-state index is -0.553. The molecule has 2 aromatic carbocycles. The fourth-order valence-corrected chi connectivity index (χ4v) is 4.78. The summed E-state index contributed by atoms with van der Waals surface area (Å²) in [4.78, 5) is 23.2. The lowest BCUT2D eigenvalue weighted by Gasteiger charge is -2.30. The van der Waals surface area contributed by atoms with E-state index in [4.69, 9.17) is 19.3 Å². The van der Waals surface area contributed by atoms with Crippen molar-refractivity contribution in [2.24, 2.45) is 0 Å². The van der Waals surface area contributed by atoms with Crippen molar-refractivity contribution >= 4 is 11.6 Å². The number of carbonyl (C=O) groups is 1. The molecule has 216 valence electrons. The quantitative estimate of drug-likeness (QED) is 0.462. The van der Waals surface area contributed by atoms with Gasteiger partial charge in [-0.2, -0.15) is 5.26 Å². The van der Waals surface area contributed by atoms with E-state index in [2.05, 4.69) is 20.9 Å². The fraction of sp³-hybridized carbons (Fsp3) is 0.400. The monoisotopic (exact) mass is 563 g/mol. The average molecular weight is 564 g/mol. The number of likely N-dealkylation sites (tertiary alicyclic amines) is 1. The number of amides is 1. The molecule has 5 rings (SSSR count). The van der Waals surface area contributed by atoms with Crippen LogP contribution in [-0.2, 0) is 16.0 Å². The van der Waals surface area contributed by atoms with Crippen LogP contribution in [0.3, 0.4) is 0 Å². The number of halogens is 1. The van der Waals surface area contributed by atoms with Gasteiger partial charge in [0.25, 0.3) is 0 Å². The van der Waals surface area contributed by atoms with Crippen LogP contribution >= 0.6 is 0 Å². The average Bonchev–Trinajstić information content (AvgIpc) is 3.57. The Kier molecular flexibility index (Phi) is 10.4. The maximum Gasteiger partial charge on any atom is 0.248 e. The molecule has 2 fully saturated rings. The number of anilines is 1. The molecule has 3 aromatic rings. The minimum Gasteiger partial charge on any atom is -0.495 e. The Balaban J connectivity index is 0.000000367. The van der Waals surface area contributed by atoms with E-state index in [9.17, 15) is 14.4 Å². The molecule has 3 heterocycles. The second kappa shape index (κ2) is 14.4. The molecule has 11 heteroatoms. The first kappa shape index (κ1) is 29.7. The Labute approximate surface area is 238 Å². The highest BCUT2D eigenvalue weighted by molar-refractivity contribution is 5.77. The molecule has 1 aromatic heterocycles. The lowest BCUT2D eigenvalue weighted by atomic mass is 10.1. The van der Waals surface area contributed by atoms with Crippen LogP contribution in [-0.4, -0.2) is 86.1 Å². The number of hydrogen-bond acceptors (Lipinski definition) is 9. The third kappa shape index (κ3) is 7.48. The number of nitrogens with zero attached hydrogens (tertiary/aromatic N) is 5. The SMILES string of the molecule is COc1ccc(-c2nc(Cc3ccc(N4CCOCC4)c(OC)c3)ncc2F)cc1C#N.O=C(CO)N1CCCC1. The van der Waals surface area contributed by atoms with E-state index in [0.29, 0.717) is 42.3 Å². The molecule has 0 bridgehead atoms. The van der Waals surface area contributed by atoms with Crippen LogP contribution in [0.2, 0.25) is 0 Å². The normalized spacial score (nSPS) is 14.6. The first-order valence-electron chi connectivity index (χ1n) is 13.5. The van der Waals surface area contributed by atoms with Gasteiger partial charge in [0.15, 0.2) is 5.82 Å². The number of aliphatic hydroxyl groups is 1. The summed E-state index contributed by atoms with van der Waals surface area (Å²) in [6.07, 6.45) is 3.75. The van der Waals surface area contributed by atoms with Crippen LogP contribution in [0.4, 0.5) is 10.1 Å². The first-order chi connectivity index (χ1) is 20.0. The molecule has 1 amide bonds. The first-order valence-corrected chi connectivity index (χ1v) is 13.5. The van der Waals surface area contributed by atoms with E-state index in [1.807, 2.05) is 18.2 Å². The summed E-state index contributed by atoms with van der Waals surface area (Å²) in [5, 5.41) is 17.7. The summed E-state index contributed by atoms with van der Waals surface area (Å²) in [6, 6.07) is 12.9. The number of nitriles is 1. The zero-order valence-electron chi connectivity index (χ0n) is 23.3. The number of aliphatic hydroxyl groups excluding tert-OH is 1. The predicted molar refractivity (Wildman–Crippen MR) is 150 cm³/mol. The van der Waals surface area contributed by atoms with E-state index < -0.39 is 5.82 Å². The zero-order valence-corrected chi connectivity index (χ0v) is 23.3. The number of methoxy groups -OCH3 is 2. The van der Waals surface area contributed by atoms with E-state index >= 15 is 0 Å². The highest BCUT2D eigenvalue weighted by Gasteiger charge is 2.18. The van der Waals surface area contributed by atoms with Gasteiger partial charge in [0.2, 0.25) is 5.91 Å². The summed E-state index contributed by atoms with van der Waals surface area (Å²) < 4.78 is 30.7. The van der Waals surface area contributed by atoms with Crippen LogP contribution in [0.15, 0.2) is 42.6 Å². The molecule has 2 aliphatic heterocycles. The van der Waals surface area contributed by atoms with Gasteiger partial charge < -0.3 is 29.1 Å². The summed E-state index contributed by atoms with van der Waals surface area (Å²) in [7, 11) is 3.13. The number of morpholine rings is 1. The summed E-state index contributed by atoms with van der Waals surface area (Å²) in [5.74, 6) is 0.978. The van der Waals surface area contributed by atoms with Crippen molar-refractivity contribution in [3.63, 3.8) is 0 Å². The fourth-order valence-electron chi connectivity index (χ4n) is 4.78. The molecule has 10 nitrogen and oxygen atoms in total. The Hall–Kier alpha value is -4.27. The van der Waals surface area contributed by atoms with Gasteiger partial charge in [-0.25, -0.2) is 14.4 Å². The van der Waals surface area contributed by atoms with Crippen LogP contribution in [0, 0.1) is 17.1 Å². The Morgan fingerprint density at radius 1 is 1.07 bits per heavy atom. The smallest absolute Gasteiger partial charge is 0.248 e. The maximum atomic E-state index is 14.5. The molecule has 0 radical (unpaired) electrons. The third-order valence-electron chi connectivity index (χ3n) is 6.94. The number of hydrogen-bond donors (Lipinski definition) is 1. The molecular weight excluding hydrogens is 529 g/mol. The maximum absolute atomic E-state index is 14.5. The Bertz CT molecular complexity index is 1380. The lowest BCUT2D eigenvalue weighted by molar-refractivity contribution is -0.133.